The van der Waals surface area contributed by atoms with Crippen molar-refractivity contribution < 1.29 is 0 Å². The van der Waals surface area contributed by atoms with Crippen LogP contribution in [0.4, 0.5) is 0 Å². The first kappa shape index (κ1) is 11.8. The fraction of sp³-hybridized carbons (Fsp3) is 0.500. The van der Waals surface area contributed by atoms with Crippen LogP contribution in [0.15, 0.2) is 30.3 Å². The first-order valence-corrected chi connectivity index (χ1v) is 7.02. The van der Waals surface area contributed by atoms with Crippen LogP contribution in [-0.2, 0) is 0 Å². The van der Waals surface area contributed by atoms with Crippen LogP contribution in [0.25, 0.3) is 0 Å². The monoisotopic (exact) mass is 224 g/mol. The fourth-order valence-corrected chi connectivity index (χ4v) is 2.69. The SMILES string of the molecule is ClCCCCCC[Si]c1ccccc1. The van der Waals surface area contributed by atoms with Crippen molar-refractivity contribution in [3.8, 4) is 0 Å². The highest BCUT2D eigenvalue weighted by Gasteiger charge is 1.93. The summed E-state index contributed by atoms with van der Waals surface area (Å²) < 4.78 is 0. The third-order valence-electron chi connectivity index (χ3n) is 2.16. The van der Waals surface area contributed by atoms with Gasteiger partial charge in [-0.1, -0.05) is 60.8 Å². The van der Waals surface area contributed by atoms with Crippen molar-refractivity contribution >= 4 is 26.3 Å². The van der Waals surface area contributed by atoms with Crippen molar-refractivity contribution in [1.29, 1.82) is 0 Å². The summed E-state index contributed by atoms with van der Waals surface area (Å²) in [6.45, 7) is 0. The van der Waals surface area contributed by atoms with Crippen LogP contribution in [0, 0.1) is 0 Å². The van der Waals surface area contributed by atoms with Gasteiger partial charge in [-0.05, 0) is 6.42 Å². The van der Waals surface area contributed by atoms with Crippen molar-refractivity contribution in [2.75, 3.05) is 5.88 Å². The Morgan fingerprint density at radius 3 is 2.36 bits per heavy atom. The van der Waals surface area contributed by atoms with Gasteiger partial charge in [-0.15, -0.1) is 11.6 Å². The molecule has 0 aliphatic rings. The minimum absolute atomic E-state index is 0.820. The van der Waals surface area contributed by atoms with E-state index in [0.29, 0.717) is 0 Å². The zero-order chi connectivity index (χ0) is 10.1. The Morgan fingerprint density at radius 1 is 0.929 bits per heavy atom. The van der Waals surface area contributed by atoms with Gasteiger partial charge < -0.3 is 0 Å². The van der Waals surface area contributed by atoms with Crippen LogP contribution in [0.3, 0.4) is 0 Å². The van der Waals surface area contributed by atoms with Gasteiger partial charge in [-0.2, -0.15) is 0 Å². The summed E-state index contributed by atoms with van der Waals surface area (Å²) in [5.74, 6) is 0.820. The highest BCUT2D eigenvalue weighted by molar-refractivity contribution is 6.53. The quantitative estimate of drug-likeness (QED) is 0.379. The molecule has 0 saturated heterocycles. The van der Waals surface area contributed by atoms with Gasteiger partial charge in [0.05, 0.1) is 9.52 Å². The van der Waals surface area contributed by atoms with Gasteiger partial charge in [0, 0.05) is 5.88 Å². The maximum atomic E-state index is 5.61. The summed E-state index contributed by atoms with van der Waals surface area (Å²) in [6, 6.07) is 12.1. The maximum absolute atomic E-state index is 5.61. The first-order chi connectivity index (χ1) is 6.93. The van der Waals surface area contributed by atoms with E-state index in [0.717, 1.165) is 15.4 Å². The van der Waals surface area contributed by atoms with Crippen LogP contribution in [-0.4, -0.2) is 15.4 Å². The molecule has 2 heteroatoms. The van der Waals surface area contributed by atoms with Crippen molar-refractivity contribution in [3.05, 3.63) is 30.3 Å². The van der Waals surface area contributed by atoms with Crippen molar-refractivity contribution in [2.45, 2.75) is 31.7 Å². The molecule has 0 aromatic heterocycles. The lowest BCUT2D eigenvalue weighted by Gasteiger charge is -1.99. The summed E-state index contributed by atoms with van der Waals surface area (Å²) in [4.78, 5) is 0. The second-order valence-electron chi connectivity index (χ2n) is 3.40. The van der Waals surface area contributed by atoms with E-state index in [4.69, 9.17) is 11.6 Å². The van der Waals surface area contributed by atoms with Gasteiger partial charge in [0.2, 0.25) is 0 Å². The highest BCUT2D eigenvalue weighted by Crippen LogP contribution is 2.03. The Labute approximate surface area is 94.5 Å². The molecular formula is C12H17ClSi. The Bertz CT molecular complexity index is 223. The Morgan fingerprint density at radius 2 is 1.64 bits per heavy atom. The van der Waals surface area contributed by atoms with Gasteiger partial charge in [0.1, 0.15) is 0 Å². The Balaban J connectivity index is 1.99. The number of alkyl halides is 1. The maximum Gasteiger partial charge on any atom is 0.0807 e. The Hall–Kier alpha value is -0.273. The molecule has 0 aliphatic heterocycles. The molecule has 1 aromatic rings. The molecule has 0 saturated carbocycles. The molecule has 0 N–H and O–H groups in total. The number of hydrogen-bond acceptors (Lipinski definition) is 0. The Kier molecular flexibility index (Phi) is 6.80. The predicted octanol–water partition coefficient (Wildman–Crippen LogP) is 3.23. The topological polar surface area (TPSA) is 0 Å². The average Bonchev–Trinajstić information content (AvgIpc) is 2.25. The minimum Gasteiger partial charge on any atom is -0.127 e. The van der Waals surface area contributed by atoms with Crippen molar-refractivity contribution in [2.24, 2.45) is 0 Å². The van der Waals surface area contributed by atoms with Gasteiger partial charge in [0.25, 0.3) is 0 Å². The lowest BCUT2D eigenvalue weighted by atomic mass is 10.2. The highest BCUT2D eigenvalue weighted by atomic mass is 35.5. The van der Waals surface area contributed by atoms with E-state index in [1.807, 2.05) is 0 Å². The van der Waals surface area contributed by atoms with Gasteiger partial charge in [0.15, 0.2) is 0 Å². The molecule has 14 heavy (non-hydrogen) atoms. The van der Waals surface area contributed by atoms with E-state index in [1.54, 1.807) is 0 Å². The number of unbranched alkanes of at least 4 members (excludes halogenated alkanes) is 3. The summed E-state index contributed by atoms with van der Waals surface area (Å²) in [5.41, 5.74) is 0. The van der Waals surface area contributed by atoms with Crippen molar-refractivity contribution in [3.63, 3.8) is 0 Å². The molecule has 0 heterocycles. The lowest BCUT2D eigenvalue weighted by molar-refractivity contribution is 0.703. The number of hydrogen-bond donors (Lipinski definition) is 0. The smallest absolute Gasteiger partial charge is 0.0807 e. The molecule has 1 rings (SSSR count). The molecule has 0 amide bonds. The molecule has 0 spiro atoms. The molecule has 0 atom stereocenters. The van der Waals surface area contributed by atoms with E-state index < -0.39 is 0 Å². The third-order valence-corrected chi connectivity index (χ3v) is 3.78. The molecule has 0 aliphatic carbocycles. The fourth-order valence-electron chi connectivity index (χ4n) is 1.36. The standard InChI is InChI=1S/C12H17ClSi/c13-10-6-1-2-7-11-14-12-8-4-3-5-9-12/h3-5,8-9H,1-2,6-7,10-11H2. The van der Waals surface area contributed by atoms with Crippen LogP contribution in [0.1, 0.15) is 25.7 Å². The van der Waals surface area contributed by atoms with Gasteiger partial charge in [-0.3, -0.25) is 0 Å². The normalized spacial score (nSPS) is 10.4. The average molecular weight is 225 g/mol. The predicted molar refractivity (Wildman–Crippen MR) is 65.8 cm³/mol. The molecule has 0 unspecified atom stereocenters. The van der Waals surface area contributed by atoms with E-state index in [-0.39, 0.29) is 0 Å². The first-order valence-electron chi connectivity index (χ1n) is 5.28. The van der Waals surface area contributed by atoms with Crippen LogP contribution < -0.4 is 5.19 Å². The molecule has 0 fully saturated rings. The van der Waals surface area contributed by atoms with Gasteiger partial charge >= 0.3 is 0 Å². The minimum atomic E-state index is 0.820. The summed E-state index contributed by atoms with van der Waals surface area (Å²) in [6.07, 6.45) is 5.16. The molecule has 76 valence electrons. The molecule has 2 radical (unpaired) electrons. The zero-order valence-corrected chi connectivity index (χ0v) is 10.3. The number of rotatable bonds is 7. The van der Waals surface area contributed by atoms with Crippen LogP contribution in [0.5, 0.6) is 0 Å². The number of benzene rings is 1. The largest absolute Gasteiger partial charge is 0.127 e. The zero-order valence-electron chi connectivity index (χ0n) is 8.51. The lowest BCUT2D eigenvalue weighted by Crippen LogP contribution is -2.12. The molecule has 0 bridgehead atoms. The van der Waals surface area contributed by atoms with Gasteiger partial charge in [-0.25, -0.2) is 0 Å². The second kappa shape index (κ2) is 8.07. The van der Waals surface area contributed by atoms with E-state index in [1.165, 1.54) is 36.9 Å². The number of halogens is 1. The summed E-state index contributed by atoms with van der Waals surface area (Å²) in [5, 5.41) is 1.49. The van der Waals surface area contributed by atoms with Crippen LogP contribution in [0.2, 0.25) is 6.04 Å². The van der Waals surface area contributed by atoms with Crippen LogP contribution >= 0.6 is 11.6 Å². The summed E-state index contributed by atoms with van der Waals surface area (Å²) >= 11 is 5.61. The van der Waals surface area contributed by atoms with E-state index in [2.05, 4.69) is 30.3 Å². The third kappa shape index (κ3) is 5.46. The second-order valence-corrected chi connectivity index (χ2v) is 5.20. The molecule has 0 nitrogen and oxygen atoms in total. The molecule has 1 aromatic carbocycles. The van der Waals surface area contributed by atoms with E-state index in [9.17, 15) is 0 Å². The van der Waals surface area contributed by atoms with Crippen molar-refractivity contribution in [1.82, 2.24) is 0 Å². The van der Waals surface area contributed by atoms with E-state index >= 15 is 0 Å². The molecular weight excluding hydrogens is 208 g/mol. The summed E-state index contributed by atoms with van der Waals surface area (Å²) in [7, 11) is 0.983.